The van der Waals surface area contributed by atoms with Crippen LogP contribution in [0.2, 0.25) is 0 Å². The molecule has 0 aliphatic carbocycles. The normalized spacial score (nSPS) is 16.2. The van der Waals surface area contributed by atoms with Crippen molar-refractivity contribution in [3.8, 4) is 11.5 Å². The molecule has 0 bridgehead atoms. The van der Waals surface area contributed by atoms with Gasteiger partial charge in [-0.3, -0.25) is 9.48 Å². The molecular weight excluding hydrogens is 268 g/mol. The summed E-state index contributed by atoms with van der Waals surface area (Å²) < 4.78 is 13.4. The first-order valence-corrected chi connectivity index (χ1v) is 7.00. The van der Waals surface area contributed by atoms with E-state index in [1.165, 1.54) is 0 Å². The highest BCUT2D eigenvalue weighted by molar-refractivity contribution is 6.00. The molecule has 1 aromatic carbocycles. The number of Topliss-reactive ketones (excluding diaryl/α,β-unsaturated/α-hetero) is 1. The SMILES string of the molecule is CC1(C)CC(=O)c2ccc(OCCn3cccn3)cc2O1. The third-order valence-electron chi connectivity index (χ3n) is 3.37. The third-order valence-corrected chi connectivity index (χ3v) is 3.37. The van der Waals surface area contributed by atoms with Crippen LogP contribution in [0.15, 0.2) is 36.7 Å². The molecule has 0 radical (unpaired) electrons. The molecule has 0 atom stereocenters. The number of carbonyl (C=O) groups is 1. The van der Waals surface area contributed by atoms with Gasteiger partial charge < -0.3 is 9.47 Å². The zero-order chi connectivity index (χ0) is 14.9. The van der Waals surface area contributed by atoms with Crippen LogP contribution in [0.5, 0.6) is 11.5 Å². The van der Waals surface area contributed by atoms with E-state index in [4.69, 9.17) is 9.47 Å². The van der Waals surface area contributed by atoms with Gasteiger partial charge in [0.05, 0.1) is 18.5 Å². The molecule has 0 saturated heterocycles. The van der Waals surface area contributed by atoms with E-state index in [0.29, 0.717) is 36.6 Å². The first kappa shape index (κ1) is 13.7. The summed E-state index contributed by atoms with van der Waals surface area (Å²) in [6.07, 6.45) is 4.03. The zero-order valence-corrected chi connectivity index (χ0v) is 12.2. The number of carbonyl (C=O) groups excluding carboxylic acids is 1. The minimum absolute atomic E-state index is 0.115. The molecule has 2 aromatic rings. The fraction of sp³-hybridized carbons (Fsp3) is 0.375. The third kappa shape index (κ3) is 3.07. The Bertz CT molecular complexity index is 648. The van der Waals surface area contributed by atoms with Crippen molar-refractivity contribution in [2.45, 2.75) is 32.4 Å². The van der Waals surface area contributed by atoms with Gasteiger partial charge in [0.1, 0.15) is 23.7 Å². The molecule has 21 heavy (non-hydrogen) atoms. The van der Waals surface area contributed by atoms with Gasteiger partial charge in [-0.05, 0) is 32.0 Å². The molecule has 2 heterocycles. The molecule has 1 aliphatic heterocycles. The minimum atomic E-state index is -0.461. The van der Waals surface area contributed by atoms with Gasteiger partial charge in [0, 0.05) is 18.5 Å². The second-order valence-corrected chi connectivity index (χ2v) is 5.74. The lowest BCUT2D eigenvalue weighted by Crippen LogP contribution is -2.35. The van der Waals surface area contributed by atoms with Gasteiger partial charge >= 0.3 is 0 Å². The number of nitrogens with zero attached hydrogens (tertiary/aromatic N) is 2. The number of ether oxygens (including phenoxy) is 2. The van der Waals surface area contributed by atoms with Crippen LogP contribution in [-0.4, -0.2) is 27.8 Å². The number of aromatic nitrogens is 2. The highest BCUT2D eigenvalue weighted by Crippen LogP contribution is 2.35. The summed E-state index contributed by atoms with van der Waals surface area (Å²) in [5.74, 6) is 1.42. The Morgan fingerprint density at radius 1 is 1.43 bits per heavy atom. The molecule has 110 valence electrons. The fourth-order valence-corrected chi connectivity index (χ4v) is 2.41. The monoisotopic (exact) mass is 286 g/mol. The average molecular weight is 286 g/mol. The lowest BCUT2D eigenvalue weighted by Gasteiger charge is -2.31. The van der Waals surface area contributed by atoms with Gasteiger partial charge in [-0.1, -0.05) is 0 Å². The predicted molar refractivity (Wildman–Crippen MR) is 77.8 cm³/mol. The maximum atomic E-state index is 12.0. The summed E-state index contributed by atoms with van der Waals surface area (Å²) in [6, 6.07) is 7.25. The van der Waals surface area contributed by atoms with Gasteiger partial charge in [-0.25, -0.2) is 0 Å². The summed E-state index contributed by atoms with van der Waals surface area (Å²) in [7, 11) is 0. The van der Waals surface area contributed by atoms with Crippen LogP contribution in [0.3, 0.4) is 0 Å². The highest BCUT2D eigenvalue weighted by Gasteiger charge is 2.32. The Labute approximate surface area is 123 Å². The Hall–Kier alpha value is -2.30. The van der Waals surface area contributed by atoms with Crippen LogP contribution in [0.1, 0.15) is 30.6 Å². The van der Waals surface area contributed by atoms with Crippen molar-refractivity contribution in [1.82, 2.24) is 9.78 Å². The van der Waals surface area contributed by atoms with Crippen molar-refractivity contribution >= 4 is 5.78 Å². The first-order valence-electron chi connectivity index (χ1n) is 7.00. The van der Waals surface area contributed by atoms with Crippen LogP contribution in [0.4, 0.5) is 0 Å². The minimum Gasteiger partial charge on any atom is -0.492 e. The molecule has 0 amide bonds. The van der Waals surface area contributed by atoms with Gasteiger partial charge in [-0.2, -0.15) is 5.10 Å². The second kappa shape index (κ2) is 5.24. The number of benzene rings is 1. The maximum Gasteiger partial charge on any atom is 0.170 e. The summed E-state index contributed by atoms with van der Waals surface area (Å²) in [5, 5.41) is 4.11. The highest BCUT2D eigenvalue weighted by atomic mass is 16.5. The van der Waals surface area contributed by atoms with E-state index >= 15 is 0 Å². The van der Waals surface area contributed by atoms with Gasteiger partial charge in [0.2, 0.25) is 0 Å². The summed E-state index contributed by atoms with van der Waals surface area (Å²) in [4.78, 5) is 12.0. The van der Waals surface area contributed by atoms with Crippen LogP contribution in [-0.2, 0) is 6.54 Å². The molecule has 0 N–H and O–H groups in total. The summed E-state index contributed by atoms with van der Waals surface area (Å²) >= 11 is 0. The van der Waals surface area contributed by atoms with E-state index in [0.717, 1.165) is 0 Å². The predicted octanol–water partition coefficient (Wildman–Crippen LogP) is 2.71. The molecule has 1 aliphatic rings. The first-order chi connectivity index (χ1) is 10.0. The lowest BCUT2D eigenvalue weighted by atomic mass is 9.93. The van der Waals surface area contributed by atoms with Crippen molar-refractivity contribution in [3.63, 3.8) is 0 Å². The Morgan fingerprint density at radius 3 is 3.05 bits per heavy atom. The van der Waals surface area contributed by atoms with Gasteiger partial charge in [0.25, 0.3) is 0 Å². The van der Waals surface area contributed by atoms with Crippen LogP contribution < -0.4 is 9.47 Å². The standard InChI is InChI=1S/C16H18N2O3/c1-16(2)11-14(19)13-5-4-12(10-15(13)21-16)20-9-8-18-7-3-6-17-18/h3-7,10H,8-9,11H2,1-2H3. The van der Waals surface area contributed by atoms with Gasteiger partial charge in [-0.15, -0.1) is 0 Å². The molecule has 3 rings (SSSR count). The molecule has 0 spiro atoms. The topological polar surface area (TPSA) is 53.4 Å². The van der Waals surface area contributed by atoms with E-state index < -0.39 is 5.60 Å². The van der Waals surface area contributed by atoms with E-state index in [9.17, 15) is 4.79 Å². The maximum absolute atomic E-state index is 12.0. The van der Waals surface area contributed by atoms with E-state index in [-0.39, 0.29) is 5.78 Å². The zero-order valence-electron chi connectivity index (χ0n) is 12.2. The molecular formula is C16H18N2O3. The van der Waals surface area contributed by atoms with Crippen LogP contribution in [0, 0.1) is 0 Å². The molecule has 5 heteroatoms. The summed E-state index contributed by atoms with van der Waals surface area (Å²) in [5.41, 5.74) is 0.173. The molecule has 0 unspecified atom stereocenters. The smallest absolute Gasteiger partial charge is 0.170 e. The van der Waals surface area contributed by atoms with Crippen molar-refractivity contribution in [1.29, 1.82) is 0 Å². The average Bonchev–Trinajstić information content (AvgIpc) is 2.90. The van der Waals surface area contributed by atoms with E-state index in [1.807, 2.05) is 36.9 Å². The number of fused-ring (bicyclic) bond motifs is 1. The Balaban J connectivity index is 1.69. The number of rotatable bonds is 4. The Kier molecular flexibility index (Phi) is 3.41. The van der Waals surface area contributed by atoms with Crippen molar-refractivity contribution in [2.75, 3.05) is 6.61 Å². The van der Waals surface area contributed by atoms with Gasteiger partial charge in [0.15, 0.2) is 5.78 Å². The van der Waals surface area contributed by atoms with Crippen molar-refractivity contribution in [2.24, 2.45) is 0 Å². The van der Waals surface area contributed by atoms with Crippen molar-refractivity contribution in [3.05, 3.63) is 42.2 Å². The Morgan fingerprint density at radius 2 is 2.29 bits per heavy atom. The lowest BCUT2D eigenvalue weighted by molar-refractivity contribution is 0.0618. The number of ketones is 1. The largest absolute Gasteiger partial charge is 0.492 e. The van der Waals surface area contributed by atoms with Crippen LogP contribution in [0.25, 0.3) is 0 Å². The quantitative estimate of drug-likeness (QED) is 0.867. The van der Waals surface area contributed by atoms with E-state index in [2.05, 4.69) is 5.10 Å². The molecule has 0 fully saturated rings. The van der Waals surface area contributed by atoms with Crippen LogP contribution >= 0.6 is 0 Å². The molecule has 0 saturated carbocycles. The van der Waals surface area contributed by atoms with E-state index in [1.54, 1.807) is 18.3 Å². The fourth-order valence-electron chi connectivity index (χ4n) is 2.41. The number of hydrogen-bond donors (Lipinski definition) is 0. The number of hydrogen-bond acceptors (Lipinski definition) is 4. The molecule has 1 aromatic heterocycles. The summed E-state index contributed by atoms with van der Waals surface area (Å²) in [6.45, 7) is 5.02. The second-order valence-electron chi connectivity index (χ2n) is 5.74. The van der Waals surface area contributed by atoms with Crippen molar-refractivity contribution < 1.29 is 14.3 Å². The molecule has 5 nitrogen and oxygen atoms in total.